The molecule has 0 aromatic carbocycles. The molecule has 0 radical (unpaired) electrons. The van der Waals surface area contributed by atoms with Crippen LogP contribution < -0.4 is 5.73 Å². The van der Waals surface area contributed by atoms with Crippen molar-refractivity contribution in [3.8, 4) is 11.6 Å². The van der Waals surface area contributed by atoms with E-state index >= 15 is 0 Å². The Morgan fingerprint density at radius 2 is 2.00 bits per heavy atom. The van der Waals surface area contributed by atoms with E-state index in [9.17, 15) is 0 Å². The van der Waals surface area contributed by atoms with Gasteiger partial charge in [-0.1, -0.05) is 5.16 Å². The summed E-state index contributed by atoms with van der Waals surface area (Å²) in [5.41, 5.74) is 6.99. The summed E-state index contributed by atoms with van der Waals surface area (Å²) in [7, 11) is 0. The second kappa shape index (κ2) is 4.13. The SMILES string of the molecule is Cc1cnc(-c2noc(CC3(N)CCC3)n2)nc1. The van der Waals surface area contributed by atoms with Crippen molar-refractivity contribution in [3.63, 3.8) is 0 Å². The average molecular weight is 245 g/mol. The van der Waals surface area contributed by atoms with Gasteiger partial charge in [-0.05, 0) is 31.7 Å². The largest absolute Gasteiger partial charge is 0.339 e. The number of hydrogen-bond donors (Lipinski definition) is 1. The van der Waals surface area contributed by atoms with E-state index < -0.39 is 0 Å². The molecule has 1 saturated carbocycles. The Morgan fingerprint density at radius 3 is 2.61 bits per heavy atom. The smallest absolute Gasteiger partial charge is 0.240 e. The molecule has 0 atom stereocenters. The van der Waals surface area contributed by atoms with Gasteiger partial charge >= 0.3 is 0 Å². The minimum atomic E-state index is -0.155. The normalized spacial score (nSPS) is 17.4. The molecule has 0 unspecified atom stereocenters. The van der Waals surface area contributed by atoms with Crippen molar-refractivity contribution < 1.29 is 4.52 Å². The quantitative estimate of drug-likeness (QED) is 0.875. The molecule has 1 aliphatic carbocycles. The third-order valence-corrected chi connectivity index (χ3v) is 3.30. The second-order valence-electron chi connectivity index (χ2n) is 4.99. The van der Waals surface area contributed by atoms with Crippen LogP contribution in [0.4, 0.5) is 0 Å². The van der Waals surface area contributed by atoms with Gasteiger partial charge in [0.2, 0.25) is 17.5 Å². The monoisotopic (exact) mass is 245 g/mol. The number of nitrogens with zero attached hydrogens (tertiary/aromatic N) is 4. The topological polar surface area (TPSA) is 90.7 Å². The van der Waals surface area contributed by atoms with Crippen LogP contribution >= 0.6 is 0 Å². The Labute approximate surface area is 105 Å². The highest BCUT2D eigenvalue weighted by Gasteiger charge is 2.34. The molecule has 6 heteroatoms. The molecular formula is C12H15N5O. The van der Waals surface area contributed by atoms with Crippen molar-refractivity contribution in [3.05, 3.63) is 23.8 Å². The van der Waals surface area contributed by atoms with E-state index in [-0.39, 0.29) is 5.54 Å². The van der Waals surface area contributed by atoms with Crippen LogP contribution in [0.25, 0.3) is 11.6 Å². The van der Waals surface area contributed by atoms with Crippen LogP contribution in [0.3, 0.4) is 0 Å². The number of hydrogen-bond acceptors (Lipinski definition) is 6. The third kappa shape index (κ3) is 2.11. The van der Waals surface area contributed by atoms with Gasteiger partial charge in [-0.15, -0.1) is 0 Å². The fraction of sp³-hybridized carbons (Fsp3) is 0.500. The van der Waals surface area contributed by atoms with E-state index in [1.54, 1.807) is 12.4 Å². The van der Waals surface area contributed by atoms with Crippen LogP contribution in [0.5, 0.6) is 0 Å². The van der Waals surface area contributed by atoms with Gasteiger partial charge < -0.3 is 10.3 Å². The number of aromatic nitrogens is 4. The molecule has 94 valence electrons. The molecule has 0 amide bonds. The fourth-order valence-electron chi connectivity index (χ4n) is 2.03. The summed E-state index contributed by atoms with van der Waals surface area (Å²) < 4.78 is 5.20. The lowest BCUT2D eigenvalue weighted by molar-refractivity contribution is 0.222. The van der Waals surface area contributed by atoms with Crippen LogP contribution in [-0.4, -0.2) is 25.6 Å². The molecule has 2 N–H and O–H groups in total. The zero-order chi connectivity index (χ0) is 12.6. The molecular weight excluding hydrogens is 230 g/mol. The maximum absolute atomic E-state index is 6.14. The van der Waals surface area contributed by atoms with Crippen molar-refractivity contribution in [1.29, 1.82) is 0 Å². The molecule has 18 heavy (non-hydrogen) atoms. The highest BCUT2D eigenvalue weighted by Crippen LogP contribution is 2.32. The maximum Gasteiger partial charge on any atom is 0.240 e. The summed E-state index contributed by atoms with van der Waals surface area (Å²) >= 11 is 0. The summed E-state index contributed by atoms with van der Waals surface area (Å²) in [4.78, 5) is 12.6. The zero-order valence-corrected chi connectivity index (χ0v) is 10.3. The summed E-state index contributed by atoms with van der Waals surface area (Å²) in [6, 6.07) is 0. The van der Waals surface area contributed by atoms with E-state index in [0.717, 1.165) is 18.4 Å². The zero-order valence-electron chi connectivity index (χ0n) is 10.3. The van der Waals surface area contributed by atoms with Gasteiger partial charge in [0.05, 0.1) is 0 Å². The summed E-state index contributed by atoms with van der Waals surface area (Å²) in [6.45, 7) is 1.93. The van der Waals surface area contributed by atoms with Crippen molar-refractivity contribution in [2.75, 3.05) is 0 Å². The first kappa shape index (κ1) is 11.3. The second-order valence-corrected chi connectivity index (χ2v) is 4.99. The average Bonchev–Trinajstić information content (AvgIpc) is 2.76. The number of nitrogens with two attached hydrogens (primary N) is 1. The lowest BCUT2D eigenvalue weighted by atomic mass is 9.75. The Kier molecular flexibility index (Phi) is 2.59. The molecule has 0 bridgehead atoms. The van der Waals surface area contributed by atoms with Crippen molar-refractivity contribution in [2.45, 2.75) is 38.1 Å². The van der Waals surface area contributed by atoms with E-state index in [0.29, 0.717) is 24.0 Å². The van der Waals surface area contributed by atoms with Crippen molar-refractivity contribution >= 4 is 0 Å². The Hall–Kier alpha value is -1.82. The first-order valence-corrected chi connectivity index (χ1v) is 6.05. The number of rotatable bonds is 3. The van der Waals surface area contributed by atoms with Gasteiger partial charge in [0.15, 0.2) is 0 Å². The molecule has 6 nitrogen and oxygen atoms in total. The Balaban J connectivity index is 1.78. The van der Waals surface area contributed by atoms with Crippen molar-refractivity contribution in [2.24, 2.45) is 5.73 Å². The predicted octanol–water partition coefficient (Wildman–Crippen LogP) is 1.26. The van der Waals surface area contributed by atoms with Gasteiger partial charge in [0.25, 0.3) is 0 Å². The van der Waals surface area contributed by atoms with Gasteiger partial charge in [-0.25, -0.2) is 9.97 Å². The molecule has 2 aromatic rings. The first-order chi connectivity index (χ1) is 8.65. The van der Waals surface area contributed by atoms with Crippen LogP contribution in [0, 0.1) is 6.92 Å². The molecule has 2 heterocycles. The Morgan fingerprint density at radius 1 is 1.28 bits per heavy atom. The van der Waals surface area contributed by atoms with Crippen LogP contribution in [0.1, 0.15) is 30.7 Å². The van der Waals surface area contributed by atoms with E-state index in [1.165, 1.54) is 6.42 Å². The van der Waals surface area contributed by atoms with Gasteiger partial charge in [0.1, 0.15) is 0 Å². The lowest BCUT2D eigenvalue weighted by Crippen LogP contribution is -2.48. The fourth-order valence-corrected chi connectivity index (χ4v) is 2.03. The standard InChI is InChI=1S/C12H15N5O/c1-8-6-14-10(15-7-8)11-16-9(18-17-11)5-12(13)3-2-4-12/h6-7H,2-5,13H2,1H3. The molecule has 3 rings (SSSR count). The molecule has 2 aromatic heterocycles. The maximum atomic E-state index is 6.14. The third-order valence-electron chi connectivity index (χ3n) is 3.30. The molecule has 0 saturated heterocycles. The first-order valence-electron chi connectivity index (χ1n) is 6.05. The van der Waals surface area contributed by atoms with Gasteiger partial charge in [-0.3, -0.25) is 0 Å². The summed E-state index contributed by atoms with van der Waals surface area (Å²) in [5, 5.41) is 3.89. The van der Waals surface area contributed by atoms with Gasteiger partial charge in [-0.2, -0.15) is 4.98 Å². The number of aryl methyl sites for hydroxylation is 1. The highest BCUT2D eigenvalue weighted by atomic mass is 16.5. The molecule has 1 aliphatic rings. The van der Waals surface area contributed by atoms with Crippen LogP contribution in [0.15, 0.2) is 16.9 Å². The molecule has 0 aliphatic heterocycles. The van der Waals surface area contributed by atoms with E-state index in [1.807, 2.05) is 6.92 Å². The summed E-state index contributed by atoms with van der Waals surface area (Å²) in [6.07, 6.45) is 7.31. The van der Waals surface area contributed by atoms with Crippen LogP contribution in [-0.2, 0) is 6.42 Å². The van der Waals surface area contributed by atoms with Crippen molar-refractivity contribution in [1.82, 2.24) is 20.1 Å². The molecule has 0 spiro atoms. The molecule has 1 fully saturated rings. The predicted molar refractivity (Wildman–Crippen MR) is 64.5 cm³/mol. The van der Waals surface area contributed by atoms with E-state index in [4.69, 9.17) is 10.3 Å². The lowest BCUT2D eigenvalue weighted by Gasteiger charge is -2.36. The summed E-state index contributed by atoms with van der Waals surface area (Å²) in [5.74, 6) is 1.47. The Bertz CT molecular complexity index is 544. The van der Waals surface area contributed by atoms with Crippen LogP contribution in [0.2, 0.25) is 0 Å². The van der Waals surface area contributed by atoms with E-state index in [2.05, 4.69) is 20.1 Å². The minimum Gasteiger partial charge on any atom is -0.339 e. The van der Waals surface area contributed by atoms with Gasteiger partial charge in [0, 0.05) is 24.4 Å². The minimum absolute atomic E-state index is 0.155. The highest BCUT2D eigenvalue weighted by molar-refractivity contribution is 5.40.